The van der Waals surface area contributed by atoms with Crippen LogP contribution in [0.2, 0.25) is 0 Å². The molecule has 0 spiro atoms. The fourth-order valence-electron chi connectivity index (χ4n) is 3.47. The van der Waals surface area contributed by atoms with Gasteiger partial charge in [-0.15, -0.1) is 17.7 Å². The summed E-state index contributed by atoms with van der Waals surface area (Å²) in [5.74, 6) is 1.54. The van der Waals surface area contributed by atoms with E-state index in [1.165, 1.54) is 43.7 Å². The van der Waals surface area contributed by atoms with Gasteiger partial charge in [-0.1, -0.05) is 56.9 Å². The third kappa shape index (κ3) is 6.71. The number of benzene rings is 2. The first kappa shape index (κ1) is 22.6. The molecule has 1 aliphatic carbocycles. The molecule has 0 bridgehead atoms. The first-order valence-electron chi connectivity index (χ1n) is 8.47. The van der Waals surface area contributed by atoms with Gasteiger partial charge in [0.05, 0.1) is 0 Å². The molecule has 1 saturated carbocycles. The van der Waals surface area contributed by atoms with Gasteiger partial charge in [0.25, 0.3) is 0 Å². The van der Waals surface area contributed by atoms with Crippen LogP contribution in [0, 0.1) is 23.7 Å². The van der Waals surface area contributed by atoms with Crippen molar-refractivity contribution in [1.82, 2.24) is 0 Å². The Bertz CT molecular complexity index is 601. The molecule has 0 nitrogen and oxygen atoms in total. The van der Waals surface area contributed by atoms with E-state index in [0.717, 1.165) is 29.4 Å². The maximum absolute atomic E-state index is 13.2. The molecule has 24 heavy (non-hydrogen) atoms. The van der Waals surface area contributed by atoms with E-state index in [1.54, 1.807) is 6.07 Å². The maximum atomic E-state index is 13.2. The van der Waals surface area contributed by atoms with E-state index in [1.807, 2.05) is 6.07 Å². The molecule has 0 aromatic heterocycles. The molecule has 2 aromatic rings. The summed E-state index contributed by atoms with van der Waals surface area (Å²) in [5.41, 5.74) is 3.39. The second-order valence-electron chi connectivity index (χ2n) is 6.79. The SMILES string of the molecule is CC1CCC(CCc2ccc(-c3cc[c-]c(F)c3)cc2)CC1.[Y].[Y]. The molecule has 1 aliphatic rings. The van der Waals surface area contributed by atoms with E-state index in [-0.39, 0.29) is 71.2 Å². The van der Waals surface area contributed by atoms with Gasteiger partial charge in [-0.2, -0.15) is 12.1 Å². The third-order valence-corrected chi connectivity index (χ3v) is 5.03. The molecule has 0 atom stereocenters. The zero-order valence-corrected chi connectivity index (χ0v) is 20.1. The second kappa shape index (κ2) is 11.3. The van der Waals surface area contributed by atoms with E-state index in [4.69, 9.17) is 0 Å². The van der Waals surface area contributed by atoms with Gasteiger partial charge in [0.2, 0.25) is 0 Å². The first-order chi connectivity index (χ1) is 10.7. The van der Waals surface area contributed by atoms with Crippen LogP contribution in [0.25, 0.3) is 11.1 Å². The molecule has 3 rings (SSSR count). The van der Waals surface area contributed by atoms with Crippen LogP contribution in [0.5, 0.6) is 0 Å². The van der Waals surface area contributed by atoms with E-state index < -0.39 is 0 Å². The molecular weight excluding hydrogens is 449 g/mol. The van der Waals surface area contributed by atoms with Crippen molar-refractivity contribution in [2.75, 3.05) is 0 Å². The van der Waals surface area contributed by atoms with Gasteiger partial charge in [-0.3, -0.25) is 0 Å². The molecule has 0 amide bonds. The van der Waals surface area contributed by atoms with Crippen LogP contribution >= 0.6 is 0 Å². The molecule has 0 heterocycles. The summed E-state index contributed by atoms with van der Waals surface area (Å²) in [5, 5.41) is 0. The van der Waals surface area contributed by atoms with Crippen LogP contribution in [0.4, 0.5) is 4.39 Å². The Morgan fingerprint density at radius 2 is 1.62 bits per heavy atom. The largest absolute Gasteiger partial charge is 0.236 e. The van der Waals surface area contributed by atoms with Crippen LogP contribution < -0.4 is 0 Å². The van der Waals surface area contributed by atoms with Crippen LogP contribution in [-0.2, 0) is 71.8 Å². The second-order valence-corrected chi connectivity index (χ2v) is 6.79. The minimum Gasteiger partial charge on any atom is -0.236 e. The zero-order valence-electron chi connectivity index (χ0n) is 14.5. The van der Waals surface area contributed by atoms with Crippen LogP contribution in [-0.4, -0.2) is 0 Å². The van der Waals surface area contributed by atoms with Crippen molar-refractivity contribution in [3.8, 4) is 11.1 Å². The predicted molar refractivity (Wildman–Crippen MR) is 90.1 cm³/mol. The van der Waals surface area contributed by atoms with Gasteiger partial charge in [0.15, 0.2) is 0 Å². The Morgan fingerprint density at radius 1 is 0.958 bits per heavy atom. The Morgan fingerprint density at radius 3 is 2.25 bits per heavy atom. The number of halogens is 1. The summed E-state index contributed by atoms with van der Waals surface area (Å²) in [4.78, 5) is 0. The minimum absolute atomic E-state index is 0. The van der Waals surface area contributed by atoms with Gasteiger partial charge < -0.3 is 0 Å². The monoisotopic (exact) mass is 473 g/mol. The molecule has 0 saturated heterocycles. The predicted octanol–water partition coefficient (Wildman–Crippen LogP) is 6.05. The fourth-order valence-corrected chi connectivity index (χ4v) is 3.47. The molecular formula is C21H24FY2-. The van der Waals surface area contributed by atoms with Crippen molar-refractivity contribution >= 4 is 0 Å². The number of hydrogen-bond donors (Lipinski definition) is 0. The maximum Gasteiger partial charge on any atom is 0.0114 e. The topological polar surface area (TPSA) is 0 Å². The van der Waals surface area contributed by atoms with Gasteiger partial charge in [0, 0.05) is 71.2 Å². The molecule has 2 radical (unpaired) electrons. The summed E-state index contributed by atoms with van der Waals surface area (Å²) in [6.07, 6.45) is 8.08. The molecule has 122 valence electrons. The summed E-state index contributed by atoms with van der Waals surface area (Å²) in [6.45, 7) is 2.37. The number of aryl methyl sites for hydroxylation is 1. The van der Waals surface area contributed by atoms with Crippen molar-refractivity contribution in [2.24, 2.45) is 11.8 Å². The van der Waals surface area contributed by atoms with E-state index in [0.29, 0.717) is 0 Å². The summed E-state index contributed by atoms with van der Waals surface area (Å²) < 4.78 is 13.2. The van der Waals surface area contributed by atoms with Gasteiger partial charge in [-0.05, 0) is 35.8 Å². The van der Waals surface area contributed by atoms with E-state index in [9.17, 15) is 4.39 Å². The standard InChI is InChI=1S/C21H24F.2Y/c1-16-5-7-17(8-6-16)9-10-18-11-13-19(14-12-18)20-3-2-4-21(22)15-20;;/h2-3,11-17H,5-10H2,1H3;;/q-1;;. The fraction of sp³-hybridized carbons (Fsp3) is 0.429. The van der Waals surface area contributed by atoms with Gasteiger partial charge in [0.1, 0.15) is 0 Å². The quantitative estimate of drug-likeness (QED) is 0.475. The van der Waals surface area contributed by atoms with Crippen molar-refractivity contribution < 1.29 is 69.8 Å². The molecule has 1 fully saturated rings. The van der Waals surface area contributed by atoms with Crippen molar-refractivity contribution in [3.05, 3.63) is 59.9 Å². The average Bonchev–Trinajstić information content (AvgIpc) is 2.55. The smallest absolute Gasteiger partial charge is 0.0114 e. The zero-order chi connectivity index (χ0) is 15.4. The summed E-state index contributed by atoms with van der Waals surface area (Å²) in [6, 6.07) is 16.2. The third-order valence-electron chi connectivity index (χ3n) is 5.03. The van der Waals surface area contributed by atoms with E-state index >= 15 is 0 Å². The molecule has 0 unspecified atom stereocenters. The molecule has 0 N–H and O–H groups in total. The molecule has 2 aromatic carbocycles. The normalized spacial score (nSPS) is 19.9. The van der Waals surface area contributed by atoms with Crippen molar-refractivity contribution in [2.45, 2.75) is 45.4 Å². The van der Waals surface area contributed by atoms with Crippen LogP contribution in [0.15, 0.2) is 42.5 Å². The average molecular weight is 473 g/mol. The molecule has 0 aliphatic heterocycles. The Kier molecular flexibility index (Phi) is 10.7. The van der Waals surface area contributed by atoms with Crippen LogP contribution in [0.3, 0.4) is 0 Å². The number of rotatable bonds is 4. The van der Waals surface area contributed by atoms with Gasteiger partial charge in [-0.25, -0.2) is 4.39 Å². The Balaban J connectivity index is 0.00000144. The van der Waals surface area contributed by atoms with Gasteiger partial charge >= 0.3 is 0 Å². The van der Waals surface area contributed by atoms with E-state index in [2.05, 4.69) is 37.3 Å². The van der Waals surface area contributed by atoms with Crippen molar-refractivity contribution in [3.63, 3.8) is 0 Å². The summed E-state index contributed by atoms with van der Waals surface area (Å²) in [7, 11) is 0. The Labute approximate surface area is 196 Å². The van der Waals surface area contributed by atoms with Crippen LogP contribution in [0.1, 0.15) is 44.6 Å². The number of hydrogen-bond acceptors (Lipinski definition) is 0. The summed E-state index contributed by atoms with van der Waals surface area (Å²) >= 11 is 0. The minimum atomic E-state index is -0.298. The molecule has 3 heteroatoms. The Hall–Kier alpha value is 0.578. The first-order valence-corrected chi connectivity index (χ1v) is 8.47. The van der Waals surface area contributed by atoms with Crippen molar-refractivity contribution in [1.29, 1.82) is 0 Å².